The number of nitrogens with one attached hydrogen (secondary N) is 1. The fraction of sp³-hybridized carbons (Fsp3) is 0.923. The van der Waals surface area contributed by atoms with E-state index in [1.807, 2.05) is 20.8 Å². The quantitative estimate of drug-likeness (QED) is 0.795. The highest BCUT2D eigenvalue weighted by atomic mass is 16.6. The lowest BCUT2D eigenvalue weighted by Gasteiger charge is -2.46. The van der Waals surface area contributed by atoms with Gasteiger partial charge in [-0.15, -0.1) is 0 Å². The highest BCUT2D eigenvalue weighted by Crippen LogP contribution is 2.66. The highest BCUT2D eigenvalue weighted by molar-refractivity contribution is 5.67. The van der Waals surface area contributed by atoms with Crippen molar-refractivity contribution >= 4 is 6.09 Å². The van der Waals surface area contributed by atoms with Crippen molar-refractivity contribution in [2.45, 2.75) is 52.1 Å². The third-order valence-electron chi connectivity index (χ3n) is 4.03. The van der Waals surface area contributed by atoms with E-state index in [0.717, 1.165) is 25.7 Å². The van der Waals surface area contributed by atoms with Crippen molar-refractivity contribution in [2.24, 2.45) is 10.8 Å². The van der Waals surface area contributed by atoms with Gasteiger partial charge in [0.2, 0.25) is 0 Å². The number of hydrogen-bond acceptors (Lipinski definition) is 3. The molecule has 2 N–H and O–H groups in total. The molecule has 17 heavy (non-hydrogen) atoms. The molecule has 0 aromatic rings. The van der Waals surface area contributed by atoms with Crippen LogP contribution in [0.1, 0.15) is 46.5 Å². The van der Waals surface area contributed by atoms with Crippen molar-refractivity contribution in [1.29, 1.82) is 0 Å². The van der Waals surface area contributed by atoms with Gasteiger partial charge in [-0.05, 0) is 57.3 Å². The van der Waals surface area contributed by atoms with Crippen LogP contribution in [-0.2, 0) is 4.74 Å². The summed E-state index contributed by atoms with van der Waals surface area (Å²) in [5.41, 5.74) is -0.0266. The van der Waals surface area contributed by atoms with Gasteiger partial charge in [-0.3, -0.25) is 0 Å². The van der Waals surface area contributed by atoms with Gasteiger partial charge in [0.1, 0.15) is 5.60 Å². The van der Waals surface area contributed by atoms with E-state index in [9.17, 15) is 9.90 Å². The van der Waals surface area contributed by atoms with Gasteiger partial charge in [-0.1, -0.05) is 0 Å². The molecule has 3 aliphatic carbocycles. The molecule has 0 radical (unpaired) electrons. The van der Waals surface area contributed by atoms with Crippen LogP contribution in [0.15, 0.2) is 0 Å². The molecular weight excluding hydrogens is 218 g/mol. The monoisotopic (exact) mass is 241 g/mol. The Morgan fingerprint density at radius 1 is 1.29 bits per heavy atom. The van der Waals surface area contributed by atoms with Crippen LogP contribution in [0.5, 0.6) is 0 Å². The van der Waals surface area contributed by atoms with Crippen LogP contribution < -0.4 is 5.32 Å². The predicted octanol–water partition coefficient (Wildman–Crippen LogP) is 2.06. The van der Waals surface area contributed by atoms with Crippen LogP contribution >= 0.6 is 0 Å². The van der Waals surface area contributed by atoms with E-state index in [2.05, 4.69) is 5.32 Å². The van der Waals surface area contributed by atoms with Crippen LogP contribution in [0, 0.1) is 10.8 Å². The summed E-state index contributed by atoms with van der Waals surface area (Å²) in [7, 11) is 0. The van der Waals surface area contributed by atoms with E-state index < -0.39 is 5.60 Å². The van der Waals surface area contributed by atoms with E-state index in [-0.39, 0.29) is 16.9 Å². The molecule has 4 heteroatoms. The molecule has 3 fully saturated rings. The molecular formula is C13H23NO3. The summed E-state index contributed by atoms with van der Waals surface area (Å²) < 4.78 is 5.21. The van der Waals surface area contributed by atoms with E-state index in [1.165, 1.54) is 0 Å². The minimum absolute atomic E-state index is 0.176. The zero-order valence-electron chi connectivity index (χ0n) is 11.0. The maximum Gasteiger partial charge on any atom is 0.407 e. The van der Waals surface area contributed by atoms with Gasteiger partial charge in [0.25, 0.3) is 0 Å². The zero-order chi connectivity index (χ0) is 12.7. The Bertz CT molecular complexity index is 313. The topological polar surface area (TPSA) is 58.6 Å². The molecule has 3 saturated carbocycles. The second-order valence-electron chi connectivity index (χ2n) is 6.87. The summed E-state index contributed by atoms with van der Waals surface area (Å²) in [5.74, 6) is 0. The van der Waals surface area contributed by atoms with Crippen molar-refractivity contribution in [3.63, 3.8) is 0 Å². The van der Waals surface area contributed by atoms with E-state index in [4.69, 9.17) is 4.74 Å². The normalized spacial score (nSPS) is 35.3. The molecule has 4 nitrogen and oxygen atoms in total. The fourth-order valence-electron chi connectivity index (χ4n) is 3.40. The zero-order valence-corrected chi connectivity index (χ0v) is 11.0. The lowest BCUT2D eigenvalue weighted by molar-refractivity contribution is -0.00711. The van der Waals surface area contributed by atoms with Crippen LogP contribution in [0.25, 0.3) is 0 Å². The van der Waals surface area contributed by atoms with Gasteiger partial charge in [0.05, 0.1) is 0 Å². The first kappa shape index (κ1) is 12.7. The molecule has 3 aliphatic rings. The third kappa shape index (κ3) is 2.57. The minimum atomic E-state index is -0.439. The van der Waals surface area contributed by atoms with Crippen LogP contribution in [0.2, 0.25) is 0 Å². The van der Waals surface area contributed by atoms with Crippen molar-refractivity contribution < 1.29 is 14.6 Å². The Labute approximate surface area is 103 Å². The number of carbonyl (C=O) groups is 1. The second kappa shape index (κ2) is 3.87. The fourth-order valence-corrected chi connectivity index (χ4v) is 3.40. The van der Waals surface area contributed by atoms with Gasteiger partial charge in [-0.25, -0.2) is 4.79 Å². The maximum absolute atomic E-state index is 11.5. The minimum Gasteiger partial charge on any atom is -0.444 e. The first-order valence-corrected chi connectivity index (χ1v) is 6.36. The Kier molecular flexibility index (Phi) is 2.89. The summed E-state index contributed by atoms with van der Waals surface area (Å²) >= 11 is 0. The Morgan fingerprint density at radius 3 is 2.35 bits per heavy atom. The summed E-state index contributed by atoms with van der Waals surface area (Å²) in [6, 6.07) is 0. The number of fused-ring (bicyclic) bond motifs is 1. The molecule has 0 atom stereocenters. The first-order valence-electron chi connectivity index (χ1n) is 6.36. The number of aliphatic hydroxyl groups is 1. The molecule has 2 bridgehead atoms. The Hall–Kier alpha value is -0.770. The molecule has 0 heterocycles. The van der Waals surface area contributed by atoms with Gasteiger partial charge in [-0.2, -0.15) is 0 Å². The molecule has 0 aromatic carbocycles. The molecule has 0 saturated heterocycles. The lowest BCUT2D eigenvalue weighted by atomic mass is 9.60. The van der Waals surface area contributed by atoms with Crippen molar-refractivity contribution in [1.82, 2.24) is 5.32 Å². The molecule has 0 aliphatic heterocycles. The Balaban J connectivity index is 1.76. The summed E-state index contributed by atoms with van der Waals surface area (Å²) in [6.45, 7) is 6.56. The van der Waals surface area contributed by atoms with E-state index in [0.29, 0.717) is 13.2 Å². The molecule has 0 spiro atoms. The number of alkyl carbamates (subject to hydrolysis) is 1. The van der Waals surface area contributed by atoms with E-state index >= 15 is 0 Å². The molecule has 0 aromatic heterocycles. The SMILES string of the molecule is CC(C)(C)OC(=O)NCC12CCC(CO)(C1)C2. The predicted molar refractivity (Wildman–Crippen MR) is 64.7 cm³/mol. The number of hydrogen-bond donors (Lipinski definition) is 2. The van der Waals surface area contributed by atoms with Gasteiger partial charge < -0.3 is 15.2 Å². The third-order valence-corrected chi connectivity index (χ3v) is 4.03. The molecule has 3 rings (SSSR count). The Morgan fingerprint density at radius 2 is 1.88 bits per heavy atom. The average molecular weight is 241 g/mol. The second-order valence-corrected chi connectivity index (χ2v) is 6.87. The number of carbonyl (C=O) groups excluding carboxylic acids is 1. The standard InChI is InChI=1S/C13H23NO3/c1-11(2,3)17-10(16)14-8-12-4-5-13(6-12,7-12)9-15/h15H,4-9H2,1-3H3,(H,14,16). The highest BCUT2D eigenvalue weighted by Gasteiger charge is 2.59. The van der Waals surface area contributed by atoms with Crippen LogP contribution in [0.3, 0.4) is 0 Å². The smallest absolute Gasteiger partial charge is 0.407 e. The van der Waals surface area contributed by atoms with Gasteiger partial charge in [0.15, 0.2) is 0 Å². The van der Waals surface area contributed by atoms with Crippen LogP contribution in [-0.4, -0.2) is 30.0 Å². The van der Waals surface area contributed by atoms with Crippen molar-refractivity contribution in [2.75, 3.05) is 13.2 Å². The molecule has 0 unspecified atom stereocenters. The van der Waals surface area contributed by atoms with Gasteiger partial charge in [0, 0.05) is 13.2 Å². The van der Waals surface area contributed by atoms with E-state index in [1.54, 1.807) is 0 Å². The average Bonchev–Trinajstić information content (AvgIpc) is 2.67. The summed E-state index contributed by atoms with van der Waals surface area (Å²) in [5, 5.41) is 12.2. The van der Waals surface area contributed by atoms with Crippen LogP contribution in [0.4, 0.5) is 4.79 Å². The van der Waals surface area contributed by atoms with Crippen molar-refractivity contribution in [3.05, 3.63) is 0 Å². The number of ether oxygens (including phenoxy) is 1. The lowest BCUT2D eigenvalue weighted by Crippen LogP contribution is -2.47. The summed E-state index contributed by atoms with van der Waals surface area (Å²) in [6.07, 6.45) is 3.97. The number of aliphatic hydroxyl groups excluding tert-OH is 1. The number of rotatable bonds is 3. The maximum atomic E-state index is 11.5. The first-order chi connectivity index (χ1) is 7.78. The summed E-state index contributed by atoms with van der Waals surface area (Å²) in [4.78, 5) is 11.5. The molecule has 98 valence electrons. The molecule has 1 amide bonds. The van der Waals surface area contributed by atoms with Gasteiger partial charge >= 0.3 is 6.09 Å². The van der Waals surface area contributed by atoms with Crippen molar-refractivity contribution in [3.8, 4) is 0 Å². The largest absolute Gasteiger partial charge is 0.444 e. The number of amides is 1.